The zero-order chi connectivity index (χ0) is 36.5. The van der Waals surface area contributed by atoms with Crippen molar-refractivity contribution in [2.24, 2.45) is 0 Å². The average molecular weight is 718 g/mol. The molecule has 0 saturated heterocycles. The largest absolute Gasteiger partial charge is 0.481 e. The molecule has 1 atom stereocenters. The summed E-state index contributed by atoms with van der Waals surface area (Å²) in [5, 5.41) is 17.0. The van der Waals surface area contributed by atoms with E-state index >= 15 is 0 Å². The first-order valence-corrected chi connectivity index (χ1v) is 17.2. The minimum Gasteiger partial charge on any atom is -0.481 e. The number of hydrogen-bond donors (Lipinski definition) is 4. The van der Waals surface area contributed by atoms with E-state index < -0.39 is 29.9 Å². The van der Waals surface area contributed by atoms with Crippen LogP contribution in [0.1, 0.15) is 36.3 Å². The van der Waals surface area contributed by atoms with Gasteiger partial charge >= 0.3 is 12.1 Å². The number of carbonyl (C=O) groups is 4. The van der Waals surface area contributed by atoms with Gasteiger partial charge in [-0.3, -0.25) is 14.4 Å². The van der Waals surface area contributed by atoms with Crippen LogP contribution in [-0.4, -0.2) is 135 Å². The van der Waals surface area contributed by atoms with Crippen LogP contribution in [0.15, 0.2) is 48.5 Å². The molecule has 0 heterocycles. The highest BCUT2D eigenvalue weighted by Gasteiger charge is 2.29. The van der Waals surface area contributed by atoms with Crippen LogP contribution in [0, 0.1) is 0 Å². The van der Waals surface area contributed by atoms with E-state index in [0.29, 0.717) is 39.6 Å². The quantitative estimate of drug-likeness (QED) is 0.0941. The second kappa shape index (κ2) is 24.9. The lowest BCUT2D eigenvalue weighted by molar-refractivity contribution is -0.138. The van der Waals surface area contributed by atoms with Gasteiger partial charge in [0.05, 0.1) is 72.7 Å². The highest BCUT2D eigenvalue weighted by Crippen LogP contribution is 2.44. The number of methoxy groups -OCH3 is 1. The van der Waals surface area contributed by atoms with Gasteiger partial charge in [-0.05, 0) is 28.7 Å². The van der Waals surface area contributed by atoms with Crippen molar-refractivity contribution in [3.63, 3.8) is 0 Å². The third-order valence-corrected chi connectivity index (χ3v) is 7.72. The number of carboxylic acid groups (broad SMARTS) is 1. The Morgan fingerprint density at radius 1 is 0.667 bits per heavy atom. The fraction of sp³-hybridized carbons (Fsp3) is 0.556. The minimum atomic E-state index is -1.08. The van der Waals surface area contributed by atoms with Crippen molar-refractivity contribution in [3.8, 4) is 11.1 Å². The molecule has 0 unspecified atom stereocenters. The molecule has 1 aliphatic rings. The number of nitrogens with one attached hydrogen (secondary N) is 3. The lowest BCUT2D eigenvalue weighted by Crippen LogP contribution is -2.47. The second-order valence-electron chi connectivity index (χ2n) is 11.4. The van der Waals surface area contributed by atoms with Crippen molar-refractivity contribution < 1.29 is 57.4 Å². The molecule has 0 fully saturated rings. The summed E-state index contributed by atoms with van der Waals surface area (Å²) < 4.78 is 37.4. The molecule has 0 spiro atoms. The van der Waals surface area contributed by atoms with Crippen LogP contribution in [0.3, 0.4) is 0 Å². The lowest BCUT2D eigenvalue weighted by Gasteiger charge is -2.18. The minimum absolute atomic E-state index is 0.0172. The smallest absolute Gasteiger partial charge is 0.407 e. The molecule has 15 nitrogen and oxygen atoms in total. The van der Waals surface area contributed by atoms with Crippen LogP contribution in [0.5, 0.6) is 0 Å². The van der Waals surface area contributed by atoms with Gasteiger partial charge in [-0.1, -0.05) is 48.5 Å². The molecule has 0 aliphatic heterocycles. The third-order valence-electron chi connectivity index (χ3n) is 7.72. The summed E-state index contributed by atoms with van der Waals surface area (Å²) in [5.41, 5.74) is 4.61. The summed E-state index contributed by atoms with van der Waals surface area (Å²) in [7, 11) is 1.60. The Balaban J connectivity index is 1.19. The number of ether oxygens (including phenoxy) is 7. The van der Waals surface area contributed by atoms with Crippen molar-refractivity contribution in [1.82, 2.24) is 16.0 Å². The fourth-order valence-electron chi connectivity index (χ4n) is 5.22. The molecule has 2 aromatic carbocycles. The predicted molar refractivity (Wildman–Crippen MR) is 185 cm³/mol. The van der Waals surface area contributed by atoms with E-state index in [9.17, 15) is 19.2 Å². The Morgan fingerprint density at radius 3 is 1.75 bits per heavy atom. The molecule has 0 saturated carbocycles. The zero-order valence-corrected chi connectivity index (χ0v) is 29.2. The molecule has 0 aromatic heterocycles. The molecule has 1 aliphatic carbocycles. The number of fused-ring (bicyclic) bond motifs is 3. The lowest BCUT2D eigenvalue weighted by atomic mass is 9.98. The molecular formula is C36H51N3O12. The van der Waals surface area contributed by atoms with E-state index in [2.05, 4.69) is 40.2 Å². The van der Waals surface area contributed by atoms with Crippen molar-refractivity contribution in [3.05, 3.63) is 59.7 Å². The predicted octanol–water partition coefficient (Wildman–Crippen LogP) is 2.11. The summed E-state index contributed by atoms with van der Waals surface area (Å²) in [6.45, 7) is 4.29. The van der Waals surface area contributed by atoms with Gasteiger partial charge in [-0.2, -0.15) is 0 Å². The Bertz CT molecular complexity index is 1300. The van der Waals surface area contributed by atoms with E-state index in [4.69, 9.17) is 38.3 Å². The molecule has 3 rings (SSSR count). The topological polar surface area (TPSA) is 189 Å². The summed E-state index contributed by atoms with van der Waals surface area (Å²) in [5.74, 6) is -2.05. The molecular weight excluding hydrogens is 666 g/mol. The van der Waals surface area contributed by atoms with Crippen molar-refractivity contribution >= 4 is 23.9 Å². The first-order chi connectivity index (χ1) is 24.9. The molecule has 3 amide bonds. The molecule has 2 aromatic rings. The number of aliphatic carboxylic acids is 1. The van der Waals surface area contributed by atoms with Gasteiger partial charge in [-0.25, -0.2) is 4.79 Å². The van der Waals surface area contributed by atoms with Gasteiger partial charge in [0.25, 0.3) is 0 Å². The highest BCUT2D eigenvalue weighted by atomic mass is 16.6. The van der Waals surface area contributed by atoms with Crippen LogP contribution < -0.4 is 16.0 Å². The van der Waals surface area contributed by atoms with Crippen molar-refractivity contribution in [2.45, 2.75) is 31.2 Å². The number of carbonyl (C=O) groups excluding carboxylic acids is 3. The summed E-state index contributed by atoms with van der Waals surface area (Å²) in [6, 6.07) is 15.2. The molecule has 15 heteroatoms. The Kier molecular flexibility index (Phi) is 20.2. The first-order valence-electron chi connectivity index (χ1n) is 17.2. The van der Waals surface area contributed by atoms with Crippen molar-refractivity contribution in [1.29, 1.82) is 0 Å². The maximum absolute atomic E-state index is 12.6. The molecule has 0 bridgehead atoms. The first kappa shape index (κ1) is 41.3. The number of hydrogen-bond acceptors (Lipinski definition) is 11. The molecule has 282 valence electrons. The van der Waals surface area contributed by atoms with Crippen molar-refractivity contribution in [2.75, 3.05) is 99.5 Å². The third kappa shape index (κ3) is 16.2. The van der Waals surface area contributed by atoms with Gasteiger partial charge < -0.3 is 54.2 Å². The number of alkyl carbamates (subject to hydrolysis) is 1. The van der Waals surface area contributed by atoms with E-state index in [1.807, 2.05) is 24.3 Å². The number of carboxylic acids is 1. The van der Waals surface area contributed by atoms with Gasteiger partial charge in [-0.15, -0.1) is 0 Å². The fourth-order valence-corrected chi connectivity index (χ4v) is 5.22. The Morgan fingerprint density at radius 2 is 1.18 bits per heavy atom. The van der Waals surface area contributed by atoms with Crippen LogP contribution in [0.2, 0.25) is 0 Å². The molecule has 0 radical (unpaired) electrons. The standard InChI is InChI=1S/C36H51N3O12/c1-45-18-19-49-24-25-50-23-22-47-16-13-37-35(43)32(10-11-34(41)42)39-33(40)12-15-46-20-21-48-17-14-38-36(44)51-26-31-29-8-4-2-6-27(29)28-7-3-5-9-30(28)31/h2-9,31-32H,10-26H2,1H3,(H,37,43)(H,38,44)(H,39,40)(H,41,42)/t32-/m0/s1. The summed E-state index contributed by atoms with van der Waals surface area (Å²) >= 11 is 0. The molecule has 4 N–H and O–H groups in total. The summed E-state index contributed by atoms with van der Waals surface area (Å²) in [4.78, 5) is 48.4. The maximum Gasteiger partial charge on any atom is 0.407 e. The average Bonchev–Trinajstić information content (AvgIpc) is 3.45. The van der Waals surface area contributed by atoms with Crippen LogP contribution in [-0.2, 0) is 47.5 Å². The van der Waals surface area contributed by atoms with E-state index in [0.717, 1.165) is 22.3 Å². The molecule has 51 heavy (non-hydrogen) atoms. The van der Waals surface area contributed by atoms with E-state index in [1.165, 1.54) is 0 Å². The van der Waals surface area contributed by atoms with Crippen LogP contribution in [0.25, 0.3) is 11.1 Å². The highest BCUT2D eigenvalue weighted by molar-refractivity contribution is 5.88. The number of amides is 3. The monoisotopic (exact) mass is 717 g/mol. The van der Waals surface area contributed by atoms with Crippen LogP contribution in [0.4, 0.5) is 4.79 Å². The van der Waals surface area contributed by atoms with Gasteiger partial charge in [0.2, 0.25) is 11.8 Å². The van der Waals surface area contributed by atoms with E-state index in [1.54, 1.807) is 7.11 Å². The van der Waals surface area contributed by atoms with Gasteiger partial charge in [0.1, 0.15) is 12.6 Å². The zero-order valence-electron chi connectivity index (χ0n) is 29.2. The van der Waals surface area contributed by atoms with Crippen LogP contribution >= 0.6 is 0 Å². The second-order valence-corrected chi connectivity index (χ2v) is 11.4. The van der Waals surface area contributed by atoms with Gasteiger partial charge in [0, 0.05) is 39.0 Å². The number of benzene rings is 2. The Hall–Kier alpha value is -4.12. The van der Waals surface area contributed by atoms with E-state index in [-0.39, 0.29) is 77.9 Å². The normalized spacial score (nSPS) is 12.5. The number of rotatable bonds is 28. The van der Waals surface area contributed by atoms with Gasteiger partial charge in [0.15, 0.2) is 0 Å². The Labute approximate surface area is 298 Å². The SMILES string of the molecule is COCCOCCOCCOCCNC(=O)[C@H](CCC(=O)O)NC(=O)CCOCCOCCNC(=O)OCC1c2ccccc2-c2ccccc21. The maximum atomic E-state index is 12.6. The summed E-state index contributed by atoms with van der Waals surface area (Å²) in [6.07, 6.45) is -0.900.